The van der Waals surface area contributed by atoms with Crippen molar-refractivity contribution in [2.75, 3.05) is 13.2 Å². The summed E-state index contributed by atoms with van der Waals surface area (Å²) in [4.78, 5) is 28.3. The summed E-state index contributed by atoms with van der Waals surface area (Å²) in [6.45, 7) is 6.65. The third-order valence-corrected chi connectivity index (χ3v) is 8.17. The number of rotatable bonds is 16. The lowest BCUT2D eigenvalue weighted by Gasteiger charge is -2.28. The molecular formula is C38H45NO5. The Labute approximate surface area is 262 Å². The maximum Gasteiger partial charge on any atom is 0.343 e. The van der Waals surface area contributed by atoms with E-state index in [9.17, 15) is 9.59 Å². The number of hydrogen-bond acceptors (Lipinski definition) is 6. The maximum atomic E-state index is 12.6. The molecule has 0 heterocycles. The van der Waals surface area contributed by atoms with Crippen LogP contribution >= 0.6 is 0 Å². The van der Waals surface area contributed by atoms with Gasteiger partial charge in [-0.25, -0.2) is 9.59 Å². The summed E-state index contributed by atoms with van der Waals surface area (Å²) in [5.41, 5.74) is 3.75. The summed E-state index contributed by atoms with van der Waals surface area (Å²) in [5, 5.41) is 0. The molecule has 0 aromatic heterocycles. The van der Waals surface area contributed by atoms with Gasteiger partial charge in [0.25, 0.3) is 0 Å². The molecule has 6 heteroatoms. The van der Waals surface area contributed by atoms with E-state index >= 15 is 0 Å². The molecule has 1 aliphatic carbocycles. The van der Waals surface area contributed by atoms with E-state index in [2.05, 4.69) is 42.8 Å². The van der Waals surface area contributed by atoms with Crippen molar-refractivity contribution in [1.82, 2.24) is 0 Å². The molecule has 0 spiro atoms. The van der Waals surface area contributed by atoms with E-state index in [1.165, 1.54) is 50.2 Å². The SMILES string of the molecule is C=CC(=O)OCCCCCCOc1ccc(C(=O)Oc2ccc(/C=N/c3ccc(C4CCC(CCC)CC4)cc3)cc2)cc1. The number of carbonyl (C=O) groups is 2. The van der Waals surface area contributed by atoms with Crippen molar-refractivity contribution in [3.05, 3.63) is 102 Å². The van der Waals surface area contributed by atoms with Gasteiger partial charge < -0.3 is 14.2 Å². The van der Waals surface area contributed by atoms with Crippen molar-refractivity contribution in [3.8, 4) is 11.5 Å². The molecule has 3 aromatic carbocycles. The van der Waals surface area contributed by atoms with E-state index < -0.39 is 5.97 Å². The molecule has 0 N–H and O–H groups in total. The summed E-state index contributed by atoms with van der Waals surface area (Å²) in [6, 6.07) is 23.0. The van der Waals surface area contributed by atoms with E-state index in [-0.39, 0.29) is 5.97 Å². The summed E-state index contributed by atoms with van der Waals surface area (Å²) in [5.74, 6) is 1.97. The average Bonchev–Trinajstić information content (AvgIpc) is 3.06. The van der Waals surface area contributed by atoms with Gasteiger partial charge in [-0.15, -0.1) is 0 Å². The van der Waals surface area contributed by atoms with Crippen LogP contribution in [0.25, 0.3) is 0 Å². The van der Waals surface area contributed by atoms with Crippen molar-refractivity contribution in [1.29, 1.82) is 0 Å². The molecule has 0 amide bonds. The van der Waals surface area contributed by atoms with Gasteiger partial charge in [0.1, 0.15) is 11.5 Å². The zero-order valence-electron chi connectivity index (χ0n) is 25.9. The van der Waals surface area contributed by atoms with Gasteiger partial charge in [-0.3, -0.25) is 4.99 Å². The van der Waals surface area contributed by atoms with E-state index in [1.54, 1.807) is 36.4 Å². The molecule has 6 nitrogen and oxygen atoms in total. The molecule has 1 fully saturated rings. The Kier molecular flexibility index (Phi) is 13.2. The first-order valence-electron chi connectivity index (χ1n) is 16.0. The van der Waals surface area contributed by atoms with Crippen LogP contribution in [0.2, 0.25) is 0 Å². The van der Waals surface area contributed by atoms with Crippen molar-refractivity contribution >= 4 is 23.8 Å². The summed E-state index contributed by atoms with van der Waals surface area (Å²) >= 11 is 0. The lowest BCUT2D eigenvalue weighted by Crippen LogP contribution is -2.13. The van der Waals surface area contributed by atoms with Gasteiger partial charge in [-0.05, 0) is 135 Å². The molecular weight excluding hydrogens is 550 g/mol. The number of aliphatic imine (C=N–C) groups is 1. The molecule has 0 saturated heterocycles. The summed E-state index contributed by atoms with van der Waals surface area (Å²) < 4.78 is 16.3. The molecule has 0 unspecified atom stereocenters. The van der Waals surface area contributed by atoms with Crippen LogP contribution in [0.4, 0.5) is 5.69 Å². The first-order chi connectivity index (χ1) is 21.5. The Morgan fingerprint density at radius 1 is 0.818 bits per heavy atom. The summed E-state index contributed by atoms with van der Waals surface area (Å²) in [6.07, 6.45) is 14.6. The Balaban J connectivity index is 1.16. The van der Waals surface area contributed by atoms with Gasteiger partial charge in [-0.1, -0.05) is 38.5 Å². The van der Waals surface area contributed by atoms with Gasteiger partial charge in [-0.2, -0.15) is 0 Å². The molecule has 44 heavy (non-hydrogen) atoms. The number of carbonyl (C=O) groups excluding carboxylic acids is 2. The van der Waals surface area contributed by atoms with Gasteiger partial charge in [0.2, 0.25) is 0 Å². The molecule has 0 bridgehead atoms. The normalized spacial score (nSPS) is 16.4. The lowest BCUT2D eigenvalue weighted by atomic mass is 9.77. The Hall–Kier alpha value is -4.19. The highest BCUT2D eigenvalue weighted by molar-refractivity contribution is 5.91. The average molecular weight is 596 g/mol. The molecule has 1 aliphatic rings. The third kappa shape index (κ3) is 10.8. The number of benzene rings is 3. The van der Waals surface area contributed by atoms with E-state index in [4.69, 9.17) is 14.2 Å². The largest absolute Gasteiger partial charge is 0.494 e. The van der Waals surface area contributed by atoms with Gasteiger partial charge in [0.15, 0.2) is 0 Å². The lowest BCUT2D eigenvalue weighted by molar-refractivity contribution is -0.137. The maximum absolute atomic E-state index is 12.6. The van der Waals surface area contributed by atoms with Crippen LogP contribution in [0.3, 0.4) is 0 Å². The molecule has 0 aliphatic heterocycles. The fraction of sp³-hybridized carbons (Fsp3) is 0.395. The minimum atomic E-state index is -0.422. The van der Waals surface area contributed by atoms with E-state index in [1.807, 2.05) is 18.3 Å². The number of unbranched alkanes of at least 4 members (excludes halogenated alkanes) is 3. The molecule has 0 atom stereocenters. The van der Waals surface area contributed by atoms with Crippen LogP contribution in [-0.2, 0) is 9.53 Å². The van der Waals surface area contributed by atoms with E-state index in [0.717, 1.165) is 42.9 Å². The van der Waals surface area contributed by atoms with Crippen LogP contribution in [-0.4, -0.2) is 31.4 Å². The molecule has 0 radical (unpaired) electrons. The molecule has 232 valence electrons. The number of esters is 2. The quantitative estimate of drug-likeness (QED) is 0.0542. The zero-order valence-corrected chi connectivity index (χ0v) is 25.9. The Bertz CT molecular complexity index is 1340. The van der Waals surface area contributed by atoms with Crippen LogP contribution in [0.1, 0.15) is 98.5 Å². The van der Waals surface area contributed by atoms with Crippen molar-refractivity contribution in [2.45, 2.75) is 77.0 Å². The molecule has 4 rings (SSSR count). The topological polar surface area (TPSA) is 74.2 Å². The van der Waals surface area contributed by atoms with Crippen LogP contribution in [0, 0.1) is 5.92 Å². The van der Waals surface area contributed by atoms with Crippen LogP contribution < -0.4 is 9.47 Å². The summed E-state index contributed by atoms with van der Waals surface area (Å²) in [7, 11) is 0. The fourth-order valence-electron chi connectivity index (χ4n) is 5.63. The highest BCUT2D eigenvalue weighted by Crippen LogP contribution is 2.37. The van der Waals surface area contributed by atoms with Gasteiger partial charge >= 0.3 is 11.9 Å². The predicted molar refractivity (Wildman–Crippen MR) is 176 cm³/mol. The minimum Gasteiger partial charge on any atom is -0.494 e. The Morgan fingerprint density at radius 2 is 1.48 bits per heavy atom. The van der Waals surface area contributed by atoms with Gasteiger partial charge in [0.05, 0.1) is 24.5 Å². The number of ether oxygens (including phenoxy) is 3. The second kappa shape index (κ2) is 17.8. The minimum absolute atomic E-state index is 0.384. The van der Waals surface area contributed by atoms with Crippen molar-refractivity contribution in [2.24, 2.45) is 10.9 Å². The standard InChI is InChI=1S/C38H45NO5/c1-3-9-29-10-14-31(15-11-29)32-16-20-34(21-17-32)39-28-30-12-22-36(23-13-30)44-38(41)33-18-24-35(25-19-33)42-26-7-5-6-8-27-43-37(40)4-2/h4,12-13,16-25,28-29,31H,2-3,5-11,14-15,26-27H2,1H3/b39-28+. The van der Waals surface area contributed by atoms with Crippen molar-refractivity contribution < 1.29 is 23.8 Å². The highest BCUT2D eigenvalue weighted by atomic mass is 16.5. The smallest absolute Gasteiger partial charge is 0.343 e. The van der Waals surface area contributed by atoms with Gasteiger partial charge in [0, 0.05) is 12.3 Å². The second-order valence-electron chi connectivity index (χ2n) is 11.5. The monoisotopic (exact) mass is 595 g/mol. The fourth-order valence-corrected chi connectivity index (χ4v) is 5.63. The van der Waals surface area contributed by atoms with Crippen LogP contribution in [0.15, 0.2) is 90.4 Å². The number of hydrogen-bond donors (Lipinski definition) is 0. The highest BCUT2D eigenvalue weighted by Gasteiger charge is 2.21. The Morgan fingerprint density at radius 3 is 2.14 bits per heavy atom. The third-order valence-electron chi connectivity index (χ3n) is 8.17. The van der Waals surface area contributed by atoms with Crippen LogP contribution in [0.5, 0.6) is 11.5 Å². The first kappa shape index (κ1) is 32.7. The predicted octanol–water partition coefficient (Wildman–Crippen LogP) is 9.40. The molecule has 1 saturated carbocycles. The van der Waals surface area contributed by atoms with Crippen molar-refractivity contribution in [3.63, 3.8) is 0 Å². The number of nitrogens with zero attached hydrogens (tertiary/aromatic N) is 1. The van der Waals surface area contributed by atoms with E-state index in [0.29, 0.717) is 36.2 Å². The first-order valence-corrected chi connectivity index (χ1v) is 16.0. The molecule has 3 aromatic rings. The zero-order chi connectivity index (χ0) is 31.0. The second-order valence-corrected chi connectivity index (χ2v) is 11.5.